The van der Waals surface area contributed by atoms with E-state index in [-0.39, 0.29) is 24.2 Å². The van der Waals surface area contributed by atoms with E-state index < -0.39 is 16.6 Å². The number of ether oxygens (including phenoxy) is 3. The number of nitrogens with one attached hydrogen (secondary N) is 1. The number of hydrogen-bond donors (Lipinski definition) is 1. The fourth-order valence-corrected chi connectivity index (χ4v) is 2.48. The van der Waals surface area contributed by atoms with Crippen molar-refractivity contribution < 1.29 is 23.9 Å². The van der Waals surface area contributed by atoms with Crippen LogP contribution < -0.4 is 10.1 Å². The Balaban J connectivity index is 1.82. The third kappa shape index (κ3) is 6.17. The molecule has 1 aliphatic rings. The Morgan fingerprint density at radius 3 is 2.77 bits per heavy atom. The maximum atomic E-state index is 11.5. The van der Waals surface area contributed by atoms with Crippen molar-refractivity contribution in [2.45, 2.75) is 51.7 Å². The normalized spacial score (nSPS) is 15.5. The number of amides is 1. The lowest BCUT2D eigenvalue weighted by molar-refractivity contribution is -0.386. The molecule has 1 amide bonds. The van der Waals surface area contributed by atoms with Gasteiger partial charge in [0.25, 0.3) is 0 Å². The van der Waals surface area contributed by atoms with Gasteiger partial charge < -0.3 is 19.5 Å². The zero-order chi connectivity index (χ0) is 19.2. The molecule has 2 heterocycles. The molecule has 10 nitrogen and oxygen atoms in total. The summed E-state index contributed by atoms with van der Waals surface area (Å²) < 4.78 is 17.5. The molecule has 0 saturated carbocycles. The molecule has 2 rings (SSSR count). The van der Waals surface area contributed by atoms with Crippen molar-refractivity contribution >= 4 is 11.8 Å². The summed E-state index contributed by atoms with van der Waals surface area (Å²) in [6, 6.07) is 0.0774. The lowest BCUT2D eigenvalue weighted by atomic mass is 10.1. The molecule has 10 heteroatoms. The van der Waals surface area contributed by atoms with Gasteiger partial charge in [0.2, 0.25) is 0 Å². The van der Waals surface area contributed by atoms with E-state index in [0.29, 0.717) is 26.2 Å². The van der Waals surface area contributed by atoms with E-state index in [1.54, 1.807) is 25.5 Å². The molecule has 0 spiro atoms. The maximum absolute atomic E-state index is 11.5. The van der Waals surface area contributed by atoms with Crippen LogP contribution in [0.1, 0.15) is 46.1 Å². The van der Waals surface area contributed by atoms with Gasteiger partial charge in [-0.1, -0.05) is 0 Å². The van der Waals surface area contributed by atoms with Gasteiger partial charge in [-0.25, -0.2) is 4.79 Å². The van der Waals surface area contributed by atoms with E-state index in [1.807, 2.05) is 0 Å². The van der Waals surface area contributed by atoms with Crippen LogP contribution >= 0.6 is 0 Å². The van der Waals surface area contributed by atoms with Crippen molar-refractivity contribution in [3.8, 4) is 5.88 Å². The minimum absolute atomic E-state index is 0.00115. The lowest BCUT2D eigenvalue weighted by Crippen LogP contribution is -2.33. The van der Waals surface area contributed by atoms with Gasteiger partial charge in [-0.15, -0.1) is 5.10 Å². The molecule has 0 aliphatic carbocycles. The molecule has 1 aromatic rings. The van der Waals surface area contributed by atoms with E-state index in [2.05, 4.69) is 10.4 Å². The van der Waals surface area contributed by atoms with E-state index in [1.165, 1.54) is 6.20 Å². The van der Waals surface area contributed by atoms with Gasteiger partial charge >= 0.3 is 17.7 Å². The molecule has 0 aromatic carbocycles. The standard InChI is InChI=1S/C16H26N4O6/c1-16(2,3)26-15(21)17-7-4-8-25-14-13(20(22)23)11-19(18-14)12-5-9-24-10-6-12/h11-12H,4-10H2,1-3H3,(H,17,21). The highest BCUT2D eigenvalue weighted by molar-refractivity contribution is 5.67. The van der Waals surface area contributed by atoms with Crippen LogP contribution in [0, 0.1) is 10.1 Å². The Bertz CT molecular complexity index is 619. The average Bonchev–Trinajstić information content (AvgIpc) is 2.98. The largest absolute Gasteiger partial charge is 0.472 e. The highest BCUT2D eigenvalue weighted by atomic mass is 16.6. The van der Waals surface area contributed by atoms with Crippen LogP contribution in [0.25, 0.3) is 0 Å². The number of carbonyl (C=O) groups is 1. The van der Waals surface area contributed by atoms with Crippen LogP contribution in [-0.2, 0) is 9.47 Å². The first-order chi connectivity index (χ1) is 12.3. The van der Waals surface area contributed by atoms with E-state index in [4.69, 9.17) is 14.2 Å². The summed E-state index contributed by atoms with van der Waals surface area (Å²) in [6.45, 7) is 7.11. The number of nitro groups is 1. The van der Waals surface area contributed by atoms with Crippen molar-refractivity contribution in [3.63, 3.8) is 0 Å². The van der Waals surface area contributed by atoms with E-state index in [0.717, 1.165) is 12.8 Å². The zero-order valence-electron chi connectivity index (χ0n) is 15.4. The topological polar surface area (TPSA) is 118 Å². The van der Waals surface area contributed by atoms with Gasteiger partial charge in [0.05, 0.1) is 17.6 Å². The van der Waals surface area contributed by atoms with Crippen LogP contribution in [0.2, 0.25) is 0 Å². The second kappa shape index (κ2) is 8.84. The van der Waals surface area contributed by atoms with Crippen molar-refractivity contribution in [3.05, 3.63) is 16.3 Å². The Morgan fingerprint density at radius 1 is 1.46 bits per heavy atom. The predicted molar refractivity (Wildman–Crippen MR) is 92.3 cm³/mol. The van der Waals surface area contributed by atoms with Crippen molar-refractivity contribution in [2.75, 3.05) is 26.4 Å². The second-order valence-electron chi connectivity index (χ2n) is 7.03. The third-order valence-corrected chi connectivity index (χ3v) is 3.67. The van der Waals surface area contributed by atoms with E-state index in [9.17, 15) is 14.9 Å². The highest BCUT2D eigenvalue weighted by Crippen LogP contribution is 2.29. The summed E-state index contributed by atoms with van der Waals surface area (Å²) >= 11 is 0. The molecule has 26 heavy (non-hydrogen) atoms. The smallest absolute Gasteiger partial charge is 0.407 e. The van der Waals surface area contributed by atoms with Crippen molar-refractivity contribution in [1.82, 2.24) is 15.1 Å². The molecule has 1 fully saturated rings. The molecular formula is C16H26N4O6. The van der Waals surface area contributed by atoms with Gasteiger partial charge in [0.15, 0.2) is 0 Å². The van der Waals surface area contributed by atoms with Crippen LogP contribution in [0.3, 0.4) is 0 Å². The maximum Gasteiger partial charge on any atom is 0.407 e. The molecule has 0 radical (unpaired) electrons. The lowest BCUT2D eigenvalue weighted by Gasteiger charge is -2.21. The molecule has 1 saturated heterocycles. The number of aromatic nitrogens is 2. The summed E-state index contributed by atoms with van der Waals surface area (Å²) in [5.74, 6) is -0.00115. The molecule has 0 unspecified atom stereocenters. The Hall–Kier alpha value is -2.36. The molecule has 146 valence electrons. The first-order valence-corrected chi connectivity index (χ1v) is 8.67. The molecule has 1 aliphatic heterocycles. The Kier molecular flexibility index (Phi) is 6.78. The van der Waals surface area contributed by atoms with Crippen molar-refractivity contribution in [1.29, 1.82) is 0 Å². The number of carbonyl (C=O) groups excluding carboxylic acids is 1. The second-order valence-corrected chi connectivity index (χ2v) is 7.03. The fraction of sp³-hybridized carbons (Fsp3) is 0.750. The molecule has 1 N–H and O–H groups in total. The van der Waals surface area contributed by atoms with Crippen LogP contribution in [-0.4, -0.2) is 52.8 Å². The molecule has 0 atom stereocenters. The summed E-state index contributed by atoms with van der Waals surface area (Å²) in [5, 5.41) is 18.0. The van der Waals surface area contributed by atoms with Crippen LogP contribution in [0.5, 0.6) is 5.88 Å². The highest BCUT2D eigenvalue weighted by Gasteiger charge is 2.25. The monoisotopic (exact) mass is 370 g/mol. The number of hydrogen-bond acceptors (Lipinski definition) is 7. The van der Waals surface area contributed by atoms with Gasteiger partial charge in [-0.2, -0.15) is 0 Å². The van der Waals surface area contributed by atoms with Crippen molar-refractivity contribution in [2.24, 2.45) is 0 Å². The number of nitrogens with zero attached hydrogens (tertiary/aromatic N) is 3. The van der Waals surface area contributed by atoms with Gasteiger partial charge in [-0.3, -0.25) is 14.8 Å². The minimum atomic E-state index is -0.557. The van der Waals surface area contributed by atoms with Gasteiger partial charge in [0.1, 0.15) is 11.8 Å². The minimum Gasteiger partial charge on any atom is -0.472 e. The summed E-state index contributed by atoms with van der Waals surface area (Å²) in [6.07, 6.45) is 2.90. The molecule has 0 bridgehead atoms. The van der Waals surface area contributed by atoms with Crippen LogP contribution in [0.4, 0.5) is 10.5 Å². The van der Waals surface area contributed by atoms with Gasteiger partial charge in [-0.05, 0) is 40.0 Å². The SMILES string of the molecule is CC(C)(C)OC(=O)NCCCOc1nn(C2CCOCC2)cc1[N+](=O)[O-]. The predicted octanol–water partition coefficient (Wildman–Crippen LogP) is 2.44. The Labute approximate surface area is 151 Å². The quantitative estimate of drug-likeness (QED) is 0.445. The van der Waals surface area contributed by atoms with Crippen LogP contribution in [0.15, 0.2) is 6.20 Å². The first kappa shape index (κ1) is 20.0. The Morgan fingerprint density at radius 2 is 2.15 bits per heavy atom. The first-order valence-electron chi connectivity index (χ1n) is 8.67. The molecule has 1 aromatic heterocycles. The third-order valence-electron chi connectivity index (χ3n) is 3.67. The summed E-state index contributed by atoms with van der Waals surface area (Å²) in [5.41, 5.74) is -0.713. The average molecular weight is 370 g/mol. The number of rotatable bonds is 7. The molecular weight excluding hydrogens is 344 g/mol. The number of alkyl carbamates (subject to hydrolysis) is 1. The summed E-state index contributed by atoms with van der Waals surface area (Å²) in [7, 11) is 0. The van der Waals surface area contributed by atoms with E-state index >= 15 is 0 Å². The fourth-order valence-electron chi connectivity index (χ4n) is 2.48. The zero-order valence-corrected chi connectivity index (χ0v) is 15.4. The van der Waals surface area contributed by atoms with Gasteiger partial charge in [0, 0.05) is 19.8 Å². The summed E-state index contributed by atoms with van der Waals surface area (Å²) in [4.78, 5) is 22.2.